The number of nitrogens with two attached hydrogens (primary N) is 1. The Labute approximate surface area is 96.2 Å². The van der Waals surface area contributed by atoms with Gasteiger partial charge in [0.2, 0.25) is 0 Å². The molecule has 80 valence electrons. The molecule has 0 fully saturated rings. The number of hydrogen-bond acceptors (Lipinski definition) is 3. The number of amidine groups is 1. The first-order valence-electron chi connectivity index (χ1n) is 3.99. The molecule has 0 heterocycles. The maximum absolute atomic E-state index is 13.2. The number of halogens is 2. The van der Waals surface area contributed by atoms with Gasteiger partial charge in [0.05, 0.1) is 11.2 Å². The topological polar surface area (TPSA) is 50.7 Å². The highest BCUT2D eigenvalue weighted by Gasteiger charge is 2.02. The molecule has 0 atom stereocenters. The van der Waals surface area contributed by atoms with Crippen LogP contribution in [-0.2, 0) is 0 Å². The Balaban J connectivity index is 2.90. The summed E-state index contributed by atoms with van der Waals surface area (Å²) >= 11 is 7.02. The molecule has 0 radical (unpaired) electrons. The van der Waals surface area contributed by atoms with Crippen LogP contribution in [-0.4, -0.2) is 17.6 Å². The lowest BCUT2D eigenvalue weighted by atomic mass is 10.2. The Morgan fingerprint density at radius 3 is 2.93 bits per heavy atom. The van der Waals surface area contributed by atoms with Crippen molar-refractivity contribution in [1.82, 2.24) is 0 Å². The zero-order valence-electron chi connectivity index (χ0n) is 7.95. The molecule has 0 amide bonds. The minimum absolute atomic E-state index is 0.205. The first-order valence-corrected chi connectivity index (χ1v) is 5.60. The molecule has 1 rings (SSSR count). The third-order valence-corrected chi connectivity index (χ3v) is 2.38. The number of hydrogen-bond donors (Lipinski definition) is 1. The van der Waals surface area contributed by atoms with Crippen LogP contribution in [0.15, 0.2) is 28.4 Å². The van der Waals surface area contributed by atoms with Crippen molar-refractivity contribution in [2.75, 3.05) is 6.26 Å². The van der Waals surface area contributed by atoms with Crippen LogP contribution in [0.3, 0.4) is 0 Å². The standard InChI is InChI=1S/C9H9ClFN3S/c1-15-9(12)14-13-5-6-7(10)3-2-4-8(6)11/h2-5H,1H3,(H2,12,14)/b13-5-. The zero-order chi connectivity index (χ0) is 11.3. The van der Waals surface area contributed by atoms with E-state index in [2.05, 4.69) is 10.2 Å². The minimum Gasteiger partial charge on any atom is -0.377 e. The third kappa shape index (κ3) is 3.53. The fourth-order valence-electron chi connectivity index (χ4n) is 0.818. The van der Waals surface area contributed by atoms with Crippen molar-refractivity contribution in [3.05, 3.63) is 34.6 Å². The second kappa shape index (κ2) is 5.72. The van der Waals surface area contributed by atoms with Crippen LogP contribution in [0.5, 0.6) is 0 Å². The van der Waals surface area contributed by atoms with Crippen molar-refractivity contribution in [2.24, 2.45) is 15.9 Å². The van der Waals surface area contributed by atoms with Crippen molar-refractivity contribution in [3.63, 3.8) is 0 Å². The Kier molecular flexibility index (Phi) is 4.58. The fraction of sp³-hybridized carbons (Fsp3) is 0.111. The first-order chi connectivity index (χ1) is 7.15. The lowest BCUT2D eigenvalue weighted by molar-refractivity contribution is 0.626. The van der Waals surface area contributed by atoms with Crippen molar-refractivity contribution >= 4 is 34.7 Å². The molecule has 15 heavy (non-hydrogen) atoms. The number of rotatable bonds is 2. The number of thioether (sulfide) groups is 1. The fourth-order valence-corrected chi connectivity index (χ4v) is 1.16. The Hall–Kier alpha value is -1.07. The minimum atomic E-state index is -0.441. The van der Waals surface area contributed by atoms with Crippen LogP contribution < -0.4 is 5.73 Å². The molecule has 1 aromatic carbocycles. The molecule has 2 N–H and O–H groups in total. The summed E-state index contributed by atoms with van der Waals surface area (Å²) in [5.74, 6) is -0.441. The average molecular weight is 246 g/mol. The van der Waals surface area contributed by atoms with Crippen molar-refractivity contribution in [1.29, 1.82) is 0 Å². The van der Waals surface area contributed by atoms with Gasteiger partial charge in [-0.25, -0.2) is 4.39 Å². The quantitative estimate of drug-likeness (QED) is 0.494. The summed E-state index contributed by atoms with van der Waals surface area (Å²) < 4.78 is 13.2. The van der Waals surface area contributed by atoms with E-state index >= 15 is 0 Å². The molecular weight excluding hydrogens is 237 g/mol. The molecule has 0 bridgehead atoms. The lowest BCUT2D eigenvalue weighted by Gasteiger charge is -1.97. The van der Waals surface area contributed by atoms with E-state index in [4.69, 9.17) is 17.3 Å². The maximum Gasteiger partial charge on any atom is 0.180 e. The highest BCUT2D eigenvalue weighted by Crippen LogP contribution is 2.16. The molecule has 1 aromatic rings. The summed E-state index contributed by atoms with van der Waals surface area (Å²) in [7, 11) is 0. The summed E-state index contributed by atoms with van der Waals surface area (Å²) in [6.45, 7) is 0. The molecule has 0 saturated carbocycles. The molecule has 0 saturated heterocycles. The van der Waals surface area contributed by atoms with Crippen molar-refractivity contribution in [3.8, 4) is 0 Å². The van der Waals surface area contributed by atoms with Gasteiger partial charge in [0.1, 0.15) is 5.82 Å². The SMILES string of the molecule is CS/C(N)=N/N=C\c1c(F)cccc1Cl. The highest BCUT2D eigenvalue weighted by atomic mass is 35.5. The van der Waals surface area contributed by atoms with Crippen LogP contribution in [0.1, 0.15) is 5.56 Å². The van der Waals surface area contributed by atoms with Gasteiger partial charge in [-0.05, 0) is 18.4 Å². The van der Waals surface area contributed by atoms with Crippen LogP contribution >= 0.6 is 23.4 Å². The van der Waals surface area contributed by atoms with Gasteiger partial charge < -0.3 is 5.73 Å². The van der Waals surface area contributed by atoms with Gasteiger partial charge in [-0.2, -0.15) is 5.10 Å². The molecular formula is C9H9ClFN3S. The van der Waals surface area contributed by atoms with Crippen LogP contribution in [0.25, 0.3) is 0 Å². The molecule has 0 aliphatic rings. The second-order valence-electron chi connectivity index (χ2n) is 2.52. The van der Waals surface area contributed by atoms with E-state index in [9.17, 15) is 4.39 Å². The highest BCUT2D eigenvalue weighted by molar-refractivity contribution is 8.13. The van der Waals surface area contributed by atoms with Crippen LogP contribution in [0.2, 0.25) is 5.02 Å². The molecule has 3 nitrogen and oxygen atoms in total. The van der Waals surface area contributed by atoms with Gasteiger partial charge in [0.25, 0.3) is 0 Å². The molecule has 0 aliphatic heterocycles. The average Bonchev–Trinajstić information content (AvgIpc) is 2.22. The zero-order valence-corrected chi connectivity index (χ0v) is 9.52. The smallest absolute Gasteiger partial charge is 0.180 e. The van der Waals surface area contributed by atoms with Crippen LogP contribution in [0.4, 0.5) is 4.39 Å². The molecule has 0 unspecified atom stereocenters. The summed E-state index contributed by atoms with van der Waals surface area (Å²) in [5, 5.41) is 7.84. The summed E-state index contributed by atoms with van der Waals surface area (Å²) in [6.07, 6.45) is 3.01. The van der Waals surface area contributed by atoms with E-state index in [-0.39, 0.29) is 10.6 Å². The number of benzene rings is 1. The Morgan fingerprint density at radius 1 is 1.60 bits per heavy atom. The third-order valence-electron chi connectivity index (χ3n) is 1.55. The van der Waals surface area contributed by atoms with Gasteiger partial charge in [-0.15, -0.1) is 5.10 Å². The van der Waals surface area contributed by atoms with Gasteiger partial charge in [0, 0.05) is 5.56 Å². The molecule has 6 heteroatoms. The largest absolute Gasteiger partial charge is 0.377 e. The maximum atomic E-state index is 13.2. The second-order valence-corrected chi connectivity index (χ2v) is 3.76. The van der Waals surface area contributed by atoms with Gasteiger partial charge in [-0.1, -0.05) is 29.4 Å². The monoisotopic (exact) mass is 245 g/mol. The van der Waals surface area contributed by atoms with E-state index < -0.39 is 5.82 Å². The predicted molar refractivity (Wildman–Crippen MR) is 64.1 cm³/mol. The summed E-state index contributed by atoms with van der Waals surface area (Å²) in [5.41, 5.74) is 5.59. The summed E-state index contributed by atoms with van der Waals surface area (Å²) in [4.78, 5) is 0. The summed E-state index contributed by atoms with van der Waals surface area (Å²) in [6, 6.07) is 4.40. The van der Waals surface area contributed by atoms with Crippen molar-refractivity contribution < 1.29 is 4.39 Å². The predicted octanol–water partition coefficient (Wildman–Crippen LogP) is 2.49. The van der Waals surface area contributed by atoms with E-state index in [1.54, 1.807) is 12.3 Å². The molecule has 0 spiro atoms. The van der Waals surface area contributed by atoms with Gasteiger partial charge in [-0.3, -0.25) is 0 Å². The first kappa shape index (κ1) is 12.0. The Morgan fingerprint density at radius 2 is 2.33 bits per heavy atom. The number of nitrogens with zero attached hydrogens (tertiary/aromatic N) is 2. The molecule has 0 aromatic heterocycles. The van der Waals surface area contributed by atoms with E-state index in [0.29, 0.717) is 5.17 Å². The van der Waals surface area contributed by atoms with Gasteiger partial charge in [0.15, 0.2) is 5.17 Å². The van der Waals surface area contributed by atoms with Crippen LogP contribution in [0, 0.1) is 5.82 Å². The lowest BCUT2D eigenvalue weighted by Crippen LogP contribution is -2.04. The Bertz CT molecular complexity index is 386. The van der Waals surface area contributed by atoms with Crippen molar-refractivity contribution in [2.45, 2.75) is 0 Å². The van der Waals surface area contributed by atoms with E-state index in [0.717, 1.165) is 0 Å². The van der Waals surface area contributed by atoms with E-state index in [1.165, 1.54) is 30.1 Å². The normalized spacial score (nSPS) is 12.3. The molecule has 0 aliphatic carbocycles. The van der Waals surface area contributed by atoms with Gasteiger partial charge >= 0.3 is 0 Å². The van der Waals surface area contributed by atoms with E-state index in [1.807, 2.05) is 0 Å².